The predicted molar refractivity (Wildman–Crippen MR) is 102 cm³/mol. The van der Waals surface area contributed by atoms with E-state index in [1.807, 2.05) is 6.92 Å². The first-order chi connectivity index (χ1) is 13.5. The first-order valence-electron chi connectivity index (χ1n) is 8.83. The molecule has 0 aliphatic rings. The third kappa shape index (κ3) is 4.31. The van der Waals surface area contributed by atoms with Crippen LogP contribution in [0.5, 0.6) is 23.0 Å². The molecule has 0 radical (unpaired) electrons. The summed E-state index contributed by atoms with van der Waals surface area (Å²) in [6.07, 6.45) is 3.09. The largest absolute Gasteiger partial charge is 0.505 e. The number of ether oxygens (including phenoxy) is 3. The number of esters is 1. The highest BCUT2D eigenvalue weighted by molar-refractivity contribution is 5.99. The number of hydrogen-bond acceptors (Lipinski definition) is 6. The number of halogens is 1. The van der Waals surface area contributed by atoms with Crippen LogP contribution in [0.15, 0.2) is 42.6 Å². The minimum Gasteiger partial charge on any atom is -0.505 e. The Morgan fingerprint density at radius 2 is 1.93 bits per heavy atom. The molecule has 0 bridgehead atoms. The van der Waals surface area contributed by atoms with Crippen molar-refractivity contribution in [3.8, 4) is 23.0 Å². The van der Waals surface area contributed by atoms with Crippen molar-refractivity contribution in [2.45, 2.75) is 19.8 Å². The second-order valence-electron chi connectivity index (χ2n) is 6.12. The number of nitrogens with zero attached hydrogens (tertiary/aromatic N) is 1. The lowest BCUT2D eigenvalue weighted by molar-refractivity contribution is 0.0489. The normalized spacial score (nSPS) is 10.7. The molecule has 6 nitrogen and oxygen atoms in total. The van der Waals surface area contributed by atoms with Crippen LogP contribution in [0.3, 0.4) is 0 Å². The second-order valence-corrected chi connectivity index (χ2v) is 6.12. The molecule has 28 heavy (non-hydrogen) atoms. The monoisotopic (exact) mass is 385 g/mol. The van der Waals surface area contributed by atoms with E-state index in [1.165, 1.54) is 31.5 Å². The zero-order valence-corrected chi connectivity index (χ0v) is 15.6. The Morgan fingerprint density at radius 3 is 2.68 bits per heavy atom. The van der Waals surface area contributed by atoms with Gasteiger partial charge >= 0.3 is 5.97 Å². The average molecular weight is 385 g/mol. The van der Waals surface area contributed by atoms with Gasteiger partial charge in [-0.25, -0.2) is 14.2 Å². The Bertz CT molecular complexity index is 1010. The van der Waals surface area contributed by atoms with E-state index in [4.69, 9.17) is 14.2 Å². The summed E-state index contributed by atoms with van der Waals surface area (Å²) in [6, 6.07) is 8.87. The Balaban J connectivity index is 1.90. The number of methoxy groups -OCH3 is 1. The summed E-state index contributed by atoms with van der Waals surface area (Å²) in [5.74, 6) is -0.564. The van der Waals surface area contributed by atoms with Crippen LogP contribution in [0.4, 0.5) is 4.39 Å². The summed E-state index contributed by atoms with van der Waals surface area (Å²) in [7, 11) is 1.43. The molecular weight excluding hydrogens is 365 g/mol. The van der Waals surface area contributed by atoms with Gasteiger partial charge in [0.15, 0.2) is 11.4 Å². The van der Waals surface area contributed by atoms with Gasteiger partial charge in [0.1, 0.15) is 23.1 Å². The fraction of sp³-hybridized carbons (Fsp3) is 0.238. The fourth-order valence-electron chi connectivity index (χ4n) is 2.62. The molecule has 3 aromatic rings. The van der Waals surface area contributed by atoms with Gasteiger partial charge in [-0.1, -0.05) is 13.3 Å². The predicted octanol–water partition coefficient (Wildman–Crippen LogP) is 4.84. The van der Waals surface area contributed by atoms with E-state index < -0.39 is 11.8 Å². The van der Waals surface area contributed by atoms with Crippen LogP contribution in [0.25, 0.3) is 10.8 Å². The third-order valence-electron chi connectivity index (χ3n) is 4.08. The van der Waals surface area contributed by atoms with Gasteiger partial charge in [0.05, 0.1) is 13.7 Å². The number of unbranched alkanes of at least 4 members (excludes halogenated alkanes) is 1. The van der Waals surface area contributed by atoms with Crippen LogP contribution in [0.2, 0.25) is 0 Å². The summed E-state index contributed by atoms with van der Waals surface area (Å²) >= 11 is 0. The molecule has 2 aromatic carbocycles. The second kappa shape index (κ2) is 8.56. The molecule has 1 heterocycles. The molecule has 0 saturated heterocycles. The lowest BCUT2D eigenvalue weighted by atomic mass is 10.1. The van der Waals surface area contributed by atoms with Crippen LogP contribution in [-0.2, 0) is 4.74 Å². The number of carbonyl (C=O) groups excluding carboxylic acids is 1. The van der Waals surface area contributed by atoms with E-state index in [1.54, 1.807) is 18.2 Å². The van der Waals surface area contributed by atoms with Crippen molar-refractivity contribution in [1.82, 2.24) is 4.98 Å². The molecule has 0 aliphatic heterocycles. The van der Waals surface area contributed by atoms with Gasteiger partial charge in [0.25, 0.3) is 0 Å². The van der Waals surface area contributed by atoms with Gasteiger partial charge in [-0.2, -0.15) is 0 Å². The van der Waals surface area contributed by atoms with Gasteiger partial charge in [0.2, 0.25) is 0 Å². The van der Waals surface area contributed by atoms with Crippen molar-refractivity contribution < 1.29 is 28.5 Å². The summed E-state index contributed by atoms with van der Waals surface area (Å²) in [5.41, 5.74) is -0.159. The van der Waals surface area contributed by atoms with Gasteiger partial charge in [-0.15, -0.1) is 0 Å². The molecule has 146 valence electrons. The number of hydrogen-bond donors (Lipinski definition) is 1. The van der Waals surface area contributed by atoms with Crippen LogP contribution in [-0.4, -0.2) is 29.8 Å². The van der Waals surface area contributed by atoms with E-state index in [2.05, 4.69) is 4.98 Å². The smallest absolute Gasteiger partial charge is 0.360 e. The maximum Gasteiger partial charge on any atom is 0.360 e. The quantitative estimate of drug-likeness (QED) is 0.463. The highest BCUT2D eigenvalue weighted by atomic mass is 19.1. The Hall–Kier alpha value is -3.35. The van der Waals surface area contributed by atoms with E-state index >= 15 is 0 Å². The minimum atomic E-state index is -0.686. The molecule has 0 amide bonds. The standard InChI is InChI=1S/C21H20FNO5/c1-3-4-7-27-21(25)19-20(24)18-11-15(6-5-13(18)12-23-19)28-17-9-14(22)8-16(10-17)26-2/h5-6,8-12,24H,3-4,7H2,1-2H3. The molecule has 0 atom stereocenters. The molecule has 3 rings (SSSR count). The van der Waals surface area contributed by atoms with Crippen molar-refractivity contribution in [3.63, 3.8) is 0 Å². The van der Waals surface area contributed by atoms with Crippen LogP contribution in [0.1, 0.15) is 30.3 Å². The molecule has 0 spiro atoms. The molecule has 1 aromatic heterocycles. The zero-order chi connectivity index (χ0) is 20.1. The first-order valence-corrected chi connectivity index (χ1v) is 8.83. The number of carbonyl (C=O) groups is 1. The van der Waals surface area contributed by atoms with Crippen molar-refractivity contribution in [3.05, 3.63) is 54.1 Å². The van der Waals surface area contributed by atoms with Crippen LogP contribution < -0.4 is 9.47 Å². The number of benzene rings is 2. The number of aromatic nitrogens is 1. The lowest BCUT2D eigenvalue weighted by Gasteiger charge is -2.11. The molecule has 0 fully saturated rings. The molecule has 0 unspecified atom stereocenters. The number of pyridine rings is 1. The SMILES string of the molecule is CCCCOC(=O)c1ncc2ccc(Oc3cc(F)cc(OC)c3)cc2c1O. The van der Waals surface area contributed by atoms with Crippen molar-refractivity contribution in [1.29, 1.82) is 0 Å². The third-order valence-corrected chi connectivity index (χ3v) is 4.08. The number of aromatic hydroxyl groups is 1. The summed E-state index contributed by atoms with van der Waals surface area (Å²) in [5, 5.41) is 11.5. The average Bonchev–Trinajstić information content (AvgIpc) is 2.68. The van der Waals surface area contributed by atoms with Gasteiger partial charge in [0, 0.05) is 35.2 Å². The topological polar surface area (TPSA) is 77.9 Å². The molecule has 0 aliphatic carbocycles. The number of rotatable bonds is 7. The molecule has 0 saturated carbocycles. The van der Waals surface area contributed by atoms with Gasteiger partial charge in [-0.05, 0) is 24.6 Å². The van der Waals surface area contributed by atoms with E-state index in [0.29, 0.717) is 22.3 Å². The van der Waals surface area contributed by atoms with Crippen LogP contribution >= 0.6 is 0 Å². The van der Waals surface area contributed by atoms with Gasteiger partial charge < -0.3 is 19.3 Å². The van der Waals surface area contributed by atoms with Crippen molar-refractivity contribution >= 4 is 16.7 Å². The molecular formula is C21H20FNO5. The first kappa shape index (κ1) is 19.4. The molecule has 1 N–H and O–H groups in total. The Labute approximate surface area is 161 Å². The van der Waals surface area contributed by atoms with Crippen LogP contribution in [0, 0.1) is 5.82 Å². The summed E-state index contributed by atoms with van der Waals surface area (Å²) < 4.78 is 29.5. The summed E-state index contributed by atoms with van der Waals surface area (Å²) in [6.45, 7) is 2.24. The fourth-order valence-corrected chi connectivity index (χ4v) is 2.62. The van der Waals surface area contributed by atoms with Gasteiger partial charge in [-0.3, -0.25) is 0 Å². The van der Waals surface area contributed by atoms with E-state index in [9.17, 15) is 14.3 Å². The van der Waals surface area contributed by atoms with E-state index in [-0.39, 0.29) is 23.8 Å². The Morgan fingerprint density at radius 1 is 1.14 bits per heavy atom. The lowest BCUT2D eigenvalue weighted by Crippen LogP contribution is -2.08. The number of fused-ring (bicyclic) bond motifs is 1. The maximum absolute atomic E-state index is 13.6. The van der Waals surface area contributed by atoms with E-state index in [0.717, 1.165) is 12.8 Å². The minimum absolute atomic E-state index is 0.159. The maximum atomic E-state index is 13.6. The Kier molecular flexibility index (Phi) is 5.93. The van der Waals surface area contributed by atoms with Crippen molar-refractivity contribution in [2.75, 3.05) is 13.7 Å². The molecule has 7 heteroatoms. The summed E-state index contributed by atoms with van der Waals surface area (Å²) in [4.78, 5) is 16.1. The highest BCUT2D eigenvalue weighted by Gasteiger charge is 2.18. The zero-order valence-electron chi connectivity index (χ0n) is 15.6. The highest BCUT2D eigenvalue weighted by Crippen LogP contribution is 2.33. The van der Waals surface area contributed by atoms with Crippen molar-refractivity contribution in [2.24, 2.45) is 0 Å².